The van der Waals surface area contributed by atoms with Crippen molar-refractivity contribution < 1.29 is 0 Å². The maximum absolute atomic E-state index is 3.77. The highest BCUT2D eigenvalue weighted by Crippen LogP contribution is 2.17. The molecule has 0 aromatic rings. The summed E-state index contributed by atoms with van der Waals surface area (Å²) in [5, 5.41) is 3.77. The van der Waals surface area contributed by atoms with Gasteiger partial charge in [0, 0.05) is 32.2 Å². The van der Waals surface area contributed by atoms with Gasteiger partial charge in [-0.15, -0.1) is 0 Å². The molecule has 0 atom stereocenters. The first kappa shape index (κ1) is 14.3. The highest BCUT2D eigenvalue weighted by atomic mass is 15.2. The smallest absolute Gasteiger partial charge is 0.0110 e. The Morgan fingerprint density at radius 3 is 2.28 bits per heavy atom. The van der Waals surface area contributed by atoms with Crippen molar-refractivity contribution in [3.63, 3.8) is 0 Å². The van der Waals surface area contributed by atoms with Gasteiger partial charge in [-0.25, -0.2) is 0 Å². The lowest BCUT2D eigenvalue weighted by Gasteiger charge is -2.32. The molecule has 1 saturated heterocycles. The maximum atomic E-state index is 3.77. The van der Waals surface area contributed by atoms with Gasteiger partial charge in [0.2, 0.25) is 0 Å². The van der Waals surface area contributed by atoms with Crippen LogP contribution in [-0.4, -0.2) is 62.2 Å². The molecular formula is C15H31N3. The minimum atomic E-state index is 0.819. The zero-order chi connectivity index (χ0) is 12.6. The minimum absolute atomic E-state index is 0.819. The van der Waals surface area contributed by atoms with E-state index in [1.165, 1.54) is 84.2 Å². The number of nitrogens with one attached hydrogen (secondary N) is 1. The number of hydrogen-bond acceptors (Lipinski definition) is 3. The lowest BCUT2D eigenvalue weighted by molar-refractivity contribution is 0.152. The zero-order valence-corrected chi connectivity index (χ0v) is 12.2. The van der Waals surface area contributed by atoms with Gasteiger partial charge in [0.25, 0.3) is 0 Å². The maximum Gasteiger partial charge on any atom is 0.0110 e. The topological polar surface area (TPSA) is 18.5 Å². The molecule has 0 amide bonds. The molecule has 3 heteroatoms. The molecule has 0 spiro atoms. The Bertz CT molecular complexity index is 204. The van der Waals surface area contributed by atoms with Crippen LogP contribution in [-0.2, 0) is 0 Å². The average molecular weight is 253 g/mol. The van der Waals surface area contributed by atoms with E-state index in [4.69, 9.17) is 0 Å². The SMILES string of the molecule is CN1CCN(CCCNC2CCCCCC2)CC1. The lowest BCUT2D eigenvalue weighted by atomic mass is 10.1. The monoisotopic (exact) mass is 253 g/mol. The van der Waals surface area contributed by atoms with Gasteiger partial charge in [-0.05, 0) is 39.4 Å². The van der Waals surface area contributed by atoms with Gasteiger partial charge < -0.3 is 15.1 Å². The Hall–Kier alpha value is -0.120. The fourth-order valence-corrected chi connectivity index (χ4v) is 3.16. The molecule has 1 N–H and O–H groups in total. The van der Waals surface area contributed by atoms with E-state index < -0.39 is 0 Å². The third-order valence-corrected chi connectivity index (χ3v) is 4.54. The molecule has 0 unspecified atom stereocenters. The molecule has 18 heavy (non-hydrogen) atoms. The standard InChI is InChI=1S/C15H31N3/c1-17-11-13-18(14-12-17)10-6-9-16-15-7-4-2-3-5-8-15/h15-16H,2-14H2,1H3. The van der Waals surface area contributed by atoms with Crippen molar-refractivity contribution in [3.8, 4) is 0 Å². The fraction of sp³-hybridized carbons (Fsp3) is 1.00. The lowest BCUT2D eigenvalue weighted by Crippen LogP contribution is -2.45. The largest absolute Gasteiger partial charge is 0.314 e. The molecule has 0 bridgehead atoms. The Kier molecular flexibility index (Phi) is 6.46. The molecule has 1 saturated carbocycles. The Balaban J connectivity index is 1.50. The summed E-state index contributed by atoms with van der Waals surface area (Å²) in [7, 11) is 2.23. The van der Waals surface area contributed by atoms with E-state index in [0.29, 0.717) is 0 Å². The predicted molar refractivity (Wildman–Crippen MR) is 78.0 cm³/mol. The third-order valence-electron chi connectivity index (χ3n) is 4.54. The van der Waals surface area contributed by atoms with Crippen LogP contribution in [0, 0.1) is 0 Å². The molecule has 2 fully saturated rings. The summed E-state index contributed by atoms with van der Waals surface area (Å²) in [5.74, 6) is 0. The first-order chi connectivity index (χ1) is 8.84. The van der Waals surface area contributed by atoms with Gasteiger partial charge in [0.05, 0.1) is 0 Å². The number of nitrogens with zero attached hydrogens (tertiary/aromatic N) is 2. The highest BCUT2D eigenvalue weighted by molar-refractivity contribution is 4.72. The van der Waals surface area contributed by atoms with Gasteiger partial charge in [-0.1, -0.05) is 25.7 Å². The van der Waals surface area contributed by atoms with Crippen LogP contribution in [0.2, 0.25) is 0 Å². The van der Waals surface area contributed by atoms with Crippen molar-refractivity contribution in [1.82, 2.24) is 15.1 Å². The molecule has 2 aliphatic rings. The van der Waals surface area contributed by atoms with E-state index in [9.17, 15) is 0 Å². The molecule has 0 radical (unpaired) electrons. The first-order valence-electron chi connectivity index (χ1n) is 7.99. The number of hydrogen-bond donors (Lipinski definition) is 1. The number of likely N-dealkylation sites (N-methyl/N-ethyl adjacent to an activating group) is 1. The van der Waals surface area contributed by atoms with Crippen LogP contribution in [0.3, 0.4) is 0 Å². The van der Waals surface area contributed by atoms with Crippen LogP contribution in [0.15, 0.2) is 0 Å². The van der Waals surface area contributed by atoms with Crippen LogP contribution >= 0.6 is 0 Å². The van der Waals surface area contributed by atoms with Crippen molar-refractivity contribution in [2.24, 2.45) is 0 Å². The number of rotatable bonds is 5. The van der Waals surface area contributed by atoms with E-state index in [1.807, 2.05) is 0 Å². The Morgan fingerprint density at radius 1 is 0.944 bits per heavy atom. The van der Waals surface area contributed by atoms with E-state index in [-0.39, 0.29) is 0 Å². The van der Waals surface area contributed by atoms with Crippen molar-refractivity contribution >= 4 is 0 Å². The van der Waals surface area contributed by atoms with Crippen LogP contribution in [0.1, 0.15) is 44.9 Å². The number of piperazine rings is 1. The Morgan fingerprint density at radius 2 is 1.61 bits per heavy atom. The van der Waals surface area contributed by atoms with Crippen LogP contribution in [0.25, 0.3) is 0 Å². The van der Waals surface area contributed by atoms with Crippen LogP contribution in [0.4, 0.5) is 0 Å². The van der Waals surface area contributed by atoms with E-state index in [2.05, 4.69) is 22.2 Å². The summed E-state index contributed by atoms with van der Waals surface area (Å²) in [5.41, 5.74) is 0. The summed E-state index contributed by atoms with van der Waals surface area (Å²) >= 11 is 0. The van der Waals surface area contributed by atoms with Gasteiger partial charge in [0.15, 0.2) is 0 Å². The zero-order valence-electron chi connectivity index (χ0n) is 12.2. The molecule has 2 rings (SSSR count). The predicted octanol–water partition coefficient (Wildman–Crippen LogP) is 1.94. The quantitative estimate of drug-likeness (QED) is 0.597. The van der Waals surface area contributed by atoms with E-state index in [0.717, 1.165) is 6.04 Å². The molecule has 0 aromatic heterocycles. The Labute approximate surface area is 113 Å². The van der Waals surface area contributed by atoms with Gasteiger partial charge in [-0.2, -0.15) is 0 Å². The van der Waals surface area contributed by atoms with Crippen LogP contribution < -0.4 is 5.32 Å². The van der Waals surface area contributed by atoms with Gasteiger partial charge in [0.1, 0.15) is 0 Å². The van der Waals surface area contributed by atoms with Gasteiger partial charge >= 0.3 is 0 Å². The molecular weight excluding hydrogens is 222 g/mol. The second-order valence-electron chi connectivity index (χ2n) is 6.14. The van der Waals surface area contributed by atoms with Crippen molar-refractivity contribution in [3.05, 3.63) is 0 Å². The summed E-state index contributed by atoms with van der Waals surface area (Å²) < 4.78 is 0. The summed E-state index contributed by atoms with van der Waals surface area (Å²) in [6.07, 6.45) is 9.94. The second kappa shape index (κ2) is 8.13. The molecule has 0 aromatic carbocycles. The van der Waals surface area contributed by atoms with E-state index >= 15 is 0 Å². The fourth-order valence-electron chi connectivity index (χ4n) is 3.16. The third kappa shape index (κ3) is 5.25. The summed E-state index contributed by atoms with van der Waals surface area (Å²) in [4.78, 5) is 5.05. The van der Waals surface area contributed by atoms with Crippen LogP contribution in [0.5, 0.6) is 0 Å². The highest BCUT2D eigenvalue weighted by Gasteiger charge is 2.14. The first-order valence-corrected chi connectivity index (χ1v) is 7.99. The molecule has 3 nitrogen and oxygen atoms in total. The van der Waals surface area contributed by atoms with E-state index in [1.54, 1.807) is 0 Å². The average Bonchev–Trinajstić information content (AvgIpc) is 2.65. The van der Waals surface area contributed by atoms with Gasteiger partial charge in [-0.3, -0.25) is 0 Å². The second-order valence-corrected chi connectivity index (χ2v) is 6.14. The minimum Gasteiger partial charge on any atom is -0.314 e. The molecule has 1 aliphatic heterocycles. The normalized spacial score (nSPS) is 25.2. The molecule has 106 valence electrons. The van der Waals surface area contributed by atoms with Crippen molar-refractivity contribution in [1.29, 1.82) is 0 Å². The summed E-state index contributed by atoms with van der Waals surface area (Å²) in [6, 6.07) is 0.819. The van der Waals surface area contributed by atoms with Crippen molar-refractivity contribution in [2.45, 2.75) is 51.0 Å². The summed E-state index contributed by atoms with van der Waals surface area (Å²) in [6.45, 7) is 7.52. The van der Waals surface area contributed by atoms with Crippen molar-refractivity contribution in [2.75, 3.05) is 46.3 Å². The molecule has 1 aliphatic carbocycles. The molecule has 1 heterocycles.